The highest BCUT2D eigenvalue weighted by atomic mass is 16.6. The number of fused-ring (bicyclic) bond motifs is 2. The third-order valence-corrected chi connectivity index (χ3v) is 3.73. The predicted molar refractivity (Wildman–Crippen MR) is 58.9 cm³/mol. The Labute approximate surface area is 99.3 Å². The van der Waals surface area contributed by atoms with Gasteiger partial charge in [-0.25, -0.2) is 4.79 Å². The molecule has 2 aliphatic heterocycles. The minimum Gasteiger partial charge on any atom is -0.486 e. The van der Waals surface area contributed by atoms with Crippen LogP contribution in [0.5, 0.6) is 0 Å². The van der Waals surface area contributed by atoms with Gasteiger partial charge >= 0.3 is 5.97 Å². The number of hydrogen-bond donors (Lipinski definition) is 0. The molecule has 90 valence electrons. The number of esters is 1. The van der Waals surface area contributed by atoms with E-state index in [1.165, 1.54) is 0 Å². The van der Waals surface area contributed by atoms with Gasteiger partial charge in [0.2, 0.25) is 0 Å². The lowest BCUT2D eigenvalue weighted by atomic mass is 9.73. The Kier molecular flexibility index (Phi) is 2.00. The molecule has 1 aliphatic carbocycles. The summed E-state index contributed by atoms with van der Waals surface area (Å²) in [5, 5.41) is 0. The number of Topliss-reactive ketones (excluding diaryl/α,β-unsaturated/α-hetero) is 1. The zero-order valence-electron chi connectivity index (χ0n) is 9.86. The zero-order valence-corrected chi connectivity index (χ0v) is 9.86. The van der Waals surface area contributed by atoms with Gasteiger partial charge in [-0.15, -0.1) is 0 Å². The van der Waals surface area contributed by atoms with Gasteiger partial charge in [-0.05, 0) is 19.4 Å². The van der Waals surface area contributed by atoms with Gasteiger partial charge in [0.1, 0.15) is 11.7 Å². The average Bonchev–Trinajstić information content (AvgIpc) is 2.49. The first-order chi connectivity index (χ1) is 8.01. The van der Waals surface area contributed by atoms with Crippen LogP contribution in [-0.2, 0) is 19.1 Å². The van der Waals surface area contributed by atoms with Crippen molar-refractivity contribution in [1.29, 1.82) is 0 Å². The van der Waals surface area contributed by atoms with Crippen molar-refractivity contribution in [1.82, 2.24) is 0 Å². The van der Waals surface area contributed by atoms with Crippen molar-refractivity contribution in [3.8, 4) is 0 Å². The van der Waals surface area contributed by atoms with Gasteiger partial charge in [-0.2, -0.15) is 0 Å². The second-order valence-electron chi connectivity index (χ2n) is 5.17. The number of ketones is 1. The Morgan fingerprint density at radius 2 is 2.12 bits per heavy atom. The van der Waals surface area contributed by atoms with E-state index in [1.807, 2.05) is 19.1 Å². The second-order valence-corrected chi connectivity index (χ2v) is 5.17. The molecule has 0 fully saturated rings. The maximum Gasteiger partial charge on any atom is 0.346 e. The molecule has 0 amide bonds. The standard InChI is InChI=1S/C13H14O4/c1-7-10-9(12(15)16-7)11(14)13(2)5-3-4-8(6-13)17-10/h3-4,7-8H,5-6H2,1-2H3/t7?,8-,13+/m1/s1. The molecule has 3 aliphatic rings. The van der Waals surface area contributed by atoms with E-state index in [2.05, 4.69) is 0 Å². The largest absolute Gasteiger partial charge is 0.486 e. The van der Waals surface area contributed by atoms with Crippen molar-refractivity contribution in [2.45, 2.75) is 38.9 Å². The average molecular weight is 234 g/mol. The van der Waals surface area contributed by atoms with Crippen LogP contribution in [0, 0.1) is 5.41 Å². The third-order valence-electron chi connectivity index (χ3n) is 3.73. The van der Waals surface area contributed by atoms with Crippen molar-refractivity contribution in [3.05, 3.63) is 23.5 Å². The van der Waals surface area contributed by atoms with E-state index in [-0.39, 0.29) is 17.5 Å². The van der Waals surface area contributed by atoms with Crippen LogP contribution in [0.2, 0.25) is 0 Å². The molecule has 0 aromatic carbocycles. The molecule has 0 spiro atoms. The summed E-state index contributed by atoms with van der Waals surface area (Å²) in [6.45, 7) is 3.62. The molecule has 0 saturated carbocycles. The maximum atomic E-state index is 12.4. The molecule has 0 saturated heterocycles. The summed E-state index contributed by atoms with van der Waals surface area (Å²) >= 11 is 0. The van der Waals surface area contributed by atoms with Gasteiger partial charge in [0.05, 0.1) is 0 Å². The van der Waals surface area contributed by atoms with E-state index < -0.39 is 17.5 Å². The molecule has 0 radical (unpaired) electrons. The lowest BCUT2D eigenvalue weighted by Crippen LogP contribution is -2.34. The van der Waals surface area contributed by atoms with Crippen molar-refractivity contribution >= 4 is 11.8 Å². The van der Waals surface area contributed by atoms with Crippen LogP contribution in [0.15, 0.2) is 23.5 Å². The van der Waals surface area contributed by atoms with Crippen molar-refractivity contribution < 1.29 is 19.1 Å². The minimum absolute atomic E-state index is 0.123. The fourth-order valence-corrected chi connectivity index (χ4v) is 2.74. The summed E-state index contributed by atoms with van der Waals surface area (Å²) < 4.78 is 10.8. The highest BCUT2D eigenvalue weighted by Gasteiger charge is 2.49. The van der Waals surface area contributed by atoms with Gasteiger partial charge in [0.15, 0.2) is 17.6 Å². The van der Waals surface area contributed by atoms with Gasteiger partial charge in [-0.1, -0.05) is 13.0 Å². The van der Waals surface area contributed by atoms with Crippen molar-refractivity contribution in [2.75, 3.05) is 0 Å². The summed E-state index contributed by atoms with van der Waals surface area (Å²) in [6, 6.07) is 0. The topological polar surface area (TPSA) is 52.6 Å². The number of cyclic esters (lactones) is 1. The number of rotatable bonds is 0. The summed E-state index contributed by atoms with van der Waals surface area (Å²) in [6.07, 6.45) is 4.64. The highest BCUT2D eigenvalue weighted by Crippen LogP contribution is 2.43. The molecule has 3 rings (SSSR count). The van der Waals surface area contributed by atoms with E-state index in [1.54, 1.807) is 6.92 Å². The quantitative estimate of drug-likeness (QED) is 0.362. The van der Waals surface area contributed by atoms with Gasteiger partial charge in [-0.3, -0.25) is 4.79 Å². The number of carbonyl (C=O) groups excluding carboxylic acids is 2. The molecular formula is C13H14O4. The molecule has 2 bridgehead atoms. The normalized spacial score (nSPS) is 39.6. The molecule has 17 heavy (non-hydrogen) atoms. The van der Waals surface area contributed by atoms with Crippen LogP contribution in [0.25, 0.3) is 0 Å². The predicted octanol–water partition coefficient (Wildman–Crippen LogP) is 1.51. The summed E-state index contributed by atoms with van der Waals surface area (Å²) in [5.41, 5.74) is -0.397. The molecular weight excluding hydrogens is 220 g/mol. The van der Waals surface area contributed by atoms with Crippen LogP contribution >= 0.6 is 0 Å². The van der Waals surface area contributed by atoms with Gasteiger partial charge in [0.25, 0.3) is 0 Å². The molecule has 0 aromatic heterocycles. The summed E-state index contributed by atoms with van der Waals surface area (Å²) in [7, 11) is 0. The fraction of sp³-hybridized carbons (Fsp3) is 0.538. The Morgan fingerprint density at radius 3 is 2.88 bits per heavy atom. The van der Waals surface area contributed by atoms with Crippen molar-refractivity contribution in [3.63, 3.8) is 0 Å². The number of hydrogen-bond acceptors (Lipinski definition) is 4. The number of ether oxygens (including phenoxy) is 2. The monoisotopic (exact) mass is 234 g/mol. The van der Waals surface area contributed by atoms with Crippen LogP contribution < -0.4 is 0 Å². The zero-order chi connectivity index (χ0) is 12.2. The first kappa shape index (κ1) is 10.6. The van der Waals surface area contributed by atoms with E-state index in [0.29, 0.717) is 18.6 Å². The third kappa shape index (κ3) is 1.36. The molecule has 4 nitrogen and oxygen atoms in total. The number of carbonyl (C=O) groups is 2. The number of allylic oxidation sites excluding steroid dienone is 1. The van der Waals surface area contributed by atoms with Gasteiger partial charge < -0.3 is 9.47 Å². The molecule has 2 heterocycles. The molecule has 4 heteroatoms. The first-order valence-electron chi connectivity index (χ1n) is 5.84. The summed E-state index contributed by atoms with van der Waals surface area (Å²) in [4.78, 5) is 24.2. The maximum absolute atomic E-state index is 12.4. The van der Waals surface area contributed by atoms with E-state index in [9.17, 15) is 9.59 Å². The Balaban J connectivity index is 2.14. The fourth-order valence-electron chi connectivity index (χ4n) is 2.74. The second kappa shape index (κ2) is 3.22. The van der Waals surface area contributed by atoms with Gasteiger partial charge in [0, 0.05) is 11.8 Å². The summed E-state index contributed by atoms with van der Waals surface area (Å²) in [5.74, 6) is -0.250. The molecule has 0 aromatic rings. The van der Waals surface area contributed by atoms with Crippen molar-refractivity contribution in [2.24, 2.45) is 5.41 Å². The van der Waals surface area contributed by atoms with Crippen LogP contribution in [0.3, 0.4) is 0 Å². The van der Waals surface area contributed by atoms with Crippen LogP contribution in [0.1, 0.15) is 26.7 Å². The smallest absolute Gasteiger partial charge is 0.346 e. The molecule has 1 unspecified atom stereocenters. The van der Waals surface area contributed by atoms with E-state index in [0.717, 1.165) is 0 Å². The van der Waals surface area contributed by atoms with E-state index >= 15 is 0 Å². The SMILES string of the molecule is CC1OC(=O)C2=C1O[C@@H]1C=CC[C@@](C)(C1)C2=O. The Hall–Kier alpha value is -1.58. The van der Waals surface area contributed by atoms with Crippen LogP contribution in [-0.4, -0.2) is 24.0 Å². The Bertz CT molecular complexity index is 474. The minimum atomic E-state index is -0.536. The molecule has 0 N–H and O–H groups in total. The van der Waals surface area contributed by atoms with Crippen LogP contribution in [0.4, 0.5) is 0 Å². The lowest BCUT2D eigenvalue weighted by molar-refractivity contribution is -0.142. The highest BCUT2D eigenvalue weighted by molar-refractivity contribution is 6.21. The first-order valence-corrected chi connectivity index (χ1v) is 5.84. The van der Waals surface area contributed by atoms with E-state index in [4.69, 9.17) is 9.47 Å². The molecule has 3 atom stereocenters. The Morgan fingerprint density at radius 1 is 1.35 bits per heavy atom. The lowest BCUT2D eigenvalue weighted by Gasteiger charge is -2.31.